The van der Waals surface area contributed by atoms with Gasteiger partial charge in [0, 0.05) is 0 Å². The zero-order valence-corrected chi connectivity index (χ0v) is 19.5. The Morgan fingerprint density at radius 3 is 1.06 bits per heavy atom. The van der Waals surface area contributed by atoms with Crippen molar-refractivity contribution in [3.8, 4) is 0 Å². The third kappa shape index (κ3) is 4.96. The van der Waals surface area contributed by atoms with E-state index in [9.17, 15) is 0 Å². The molecule has 2 aliphatic heterocycles. The van der Waals surface area contributed by atoms with Gasteiger partial charge in [-0.15, -0.1) is 0 Å². The maximum atomic E-state index is 5.70. The molecule has 0 aromatic heterocycles. The largest absolute Gasteiger partial charge is 0.425 e. The number of hydrogen-bond acceptors (Lipinski definition) is 8. The fourth-order valence-electron chi connectivity index (χ4n) is 1.13. The van der Waals surface area contributed by atoms with Crippen molar-refractivity contribution < 1.29 is 32.9 Å². The second-order valence-electron chi connectivity index (χ2n) is 2.93. The first-order chi connectivity index (χ1) is 7.97. The van der Waals surface area contributed by atoms with Crippen molar-refractivity contribution in [3.63, 3.8) is 0 Å². The minimum Gasteiger partial charge on any atom is -0.425 e. The Morgan fingerprint density at radius 2 is 0.750 bits per heavy atom. The average molecular weight is 367 g/mol. The predicted molar refractivity (Wildman–Crippen MR) is 74.2 cm³/mol. The van der Waals surface area contributed by atoms with Crippen molar-refractivity contribution in [1.29, 1.82) is 0 Å². The molecular weight excluding hydrogens is 353 g/mol. The molecule has 2 fully saturated rings. The highest BCUT2D eigenvalue weighted by Crippen LogP contribution is 2.02. The molecule has 8 nitrogen and oxygen atoms in total. The van der Waals surface area contributed by atoms with Crippen LogP contribution in [0.5, 0.6) is 0 Å². The van der Waals surface area contributed by atoms with Gasteiger partial charge >= 0.3 is 17.6 Å². The summed E-state index contributed by atoms with van der Waals surface area (Å²) in [6.07, 6.45) is 0. The van der Waals surface area contributed by atoms with Crippen molar-refractivity contribution in [2.45, 2.75) is 0 Å². The van der Waals surface area contributed by atoms with Gasteiger partial charge in [0.25, 0.3) is 60.0 Å². The standard InChI is InChI=1S/H14O8Si8/c1-9-2-12-6-15(5-11-1)16-7-13-3-10-4-14-8-16/h15-16H,9-14H2. The Balaban J connectivity index is 1.81. The van der Waals surface area contributed by atoms with Gasteiger partial charge in [-0.2, -0.15) is 0 Å². The van der Waals surface area contributed by atoms with Crippen molar-refractivity contribution >= 4 is 77.6 Å². The van der Waals surface area contributed by atoms with Gasteiger partial charge in [0.05, 0.1) is 0 Å². The van der Waals surface area contributed by atoms with Gasteiger partial charge in [0.1, 0.15) is 0 Å². The molecule has 16 heteroatoms. The van der Waals surface area contributed by atoms with Crippen molar-refractivity contribution in [2.24, 2.45) is 0 Å². The molecule has 0 N–H and O–H groups in total. The van der Waals surface area contributed by atoms with Crippen LogP contribution in [0, 0.1) is 0 Å². The highest BCUT2D eigenvalue weighted by molar-refractivity contribution is 7.14. The highest BCUT2D eigenvalue weighted by Gasteiger charge is 2.33. The molecular formula is H14O8Si8. The first kappa shape index (κ1) is 13.8. The fraction of sp³-hybridized carbons (Fsp3) is 0. The summed E-state index contributed by atoms with van der Waals surface area (Å²) in [5.74, 6) is 0. The van der Waals surface area contributed by atoms with Crippen LogP contribution in [0.1, 0.15) is 0 Å². The lowest BCUT2D eigenvalue weighted by atomic mass is 15.7. The van der Waals surface area contributed by atoms with E-state index < -0.39 is 77.6 Å². The van der Waals surface area contributed by atoms with E-state index in [4.69, 9.17) is 32.9 Å². The molecule has 2 rings (SSSR count). The fourth-order valence-corrected chi connectivity index (χ4v) is 25.9. The molecule has 0 aliphatic carbocycles. The van der Waals surface area contributed by atoms with Crippen LogP contribution in [-0.2, 0) is 32.9 Å². The quantitative estimate of drug-likeness (QED) is 0.424. The maximum Gasteiger partial charge on any atom is 0.344 e. The van der Waals surface area contributed by atoms with E-state index in [1.54, 1.807) is 0 Å². The Labute approximate surface area is 110 Å². The van der Waals surface area contributed by atoms with Crippen LogP contribution >= 0.6 is 0 Å². The normalized spacial score (nSPS) is 43.5. The van der Waals surface area contributed by atoms with Crippen LogP contribution in [-0.4, -0.2) is 77.6 Å². The third-order valence-corrected chi connectivity index (χ3v) is 23.3. The predicted octanol–water partition coefficient (Wildman–Crippen LogP) is -7.34. The van der Waals surface area contributed by atoms with Crippen LogP contribution in [0.4, 0.5) is 0 Å². The second-order valence-corrected chi connectivity index (χ2v) is 20.9. The summed E-state index contributed by atoms with van der Waals surface area (Å²) >= 11 is 0. The van der Waals surface area contributed by atoms with E-state index in [0.29, 0.717) is 0 Å². The Morgan fingerprint density at radius 1 is 0.438 bits per heavy atom. The summed E-state index contributed by atoms with van der Waals surface area (Å²) in [4.78, 5) is 0. The summed E-state index contributed by atoms with van der Waals surface area (Å²) in [6, 6.07) is 0. The molecule has 0 radical (unpaired) electrons. The van der Waals surface area contributed by atoms with E-state index >= 15 is 0 Å². The monoisotopic (exact) mass is 366 g/mol. The summed E-state index contributed by atoms with van der Waals surface area (Å²) in [6.45, 7) is 0. The van der Waals surface area contributed by atoms with E-state index in [1.165, 1.54) is 0 Å². The SMILES string of the molecule is O1[SiH2]O[SiH2]O[SiH]([SiH]2O[SiH2]O[SiH2]O[SiH2]O2)O[SiH2]1. The van der Waals surface area contributed by atoms with E-state index in [2.05, 4.69) is 0 Å². The van der Waals surface area contributed by atoms with Gasteiger partial charge in [-0.3, -0.25) is 0 Å². The van der Waals surface area contributed by atoms with Crippen molar-refractivity contribution in [2.75, 3.05) is 0 Å². The molecule has 0 amide bonds. The third-order valence-electron chi connectivity index (χ3n) is 1.82. The summed E-state index contributed by atoms with van der Waals surface area (Å²) in [7, 11) is -8.98. The Bertz CT molecular complexity index is 153. The summed E-state index contributed by atoms with van der Waals surface area (Å²) < 4.78 is 44.2. The lowest BCUT2D eigenvalue weighted by Gasteiger charge is -2.27. The molecule has 94 valence electrons. The van der Waals surface area contributed by atoms with Crippen LogP contribution in [0.2, 0.25) is 0 Å². The zero-order valence-electron chi connectivity index (χ0n) is 8.66. The van der Waals surface area contributed by atoms with Gasteiger partial charge in [-0.25, -0.2) is 0 Å². The van der Waals surface area contributed by atoms with Gasteiger partial charge in [0.2, 0.25) is 0 Å². The lowest BCUT2D eigenvalue weighted by molar-refractivity contribution is 0.305. The molecule has 0 aromatic carbocycles. The molecule has 0 atom stereocenters. The van der Waals surface area contributed by atoms with Crippen LogP contribution < -0.4 is 0 Å². The average Bonchev–Trinajstić information content (AvgIpc) is 2.18. The molecule has 0 saturated carbocycles. The van der Waals surface area contributed by atoms with E-state index in [-0.39, 0.29) is 0 Å². The number of rotatable bonds is 1. The van der Waals surface area contributed by atoms with Gasteiger partial charge in [-0.05, 0) is 0 Å². The molecule has 0 spiro atoms. The second kappa shape index (κ2) is 8.51. The molecule has 0 bridgehead atoms. The summed E-state index contributed by atoms with van der Waals surface area (Å²) in [5, 5.41) is 0. The number of hydrogen-bond donors (Lipinski definition) is 0. The van der Waals surface area contributed by atoms with E-state index in [1.807, 2.05) is 0 Å². The molecule has 2 heterocycles. The van der Waals surface area contributed by atoms with Gasteiger partial charge in [0.15, 0.2) is 0 Å². The maximum absolute atomic E-state index is 5.70. The lowest BCUT2D eigenvalue weighted by Crippen LogP contribution is -2.51. The Hall–Kier alpha value is 1.42. The van der Waals surface area contributed by atoms with Gasteiger partial charge in [-0.1, -0.05) is 0 Å². The molecule has 2 aliphatic rings. The zero-order chi connectivity index (χ0) is 11.1. The van der Waals surface area contributed by atoms with Crippen LogP contribution in [0.25, 0.3) is 0 Å². The first-order valence-corrected chi connectivity index (χ1v) is 16.2. The van der Waals surface area contributed by atoms with Crippen molar-refractivity contribution in [3.05, 3.63) is 0 Å². The molecule has 0 aromatic rings. The van der Waals surface area contributed by atoms with Crippen LogP contribution in [0.3, 0.4) is 0 Å². The van der Waals surface area contributed by atoms with Crippen molar-refractivity contribution in [1.82, 2.24) is 0 Å². The van der Waals surface area contributed by atoms with E-state index in [0.717, 1.165) is 0 Å². The molecule has 2 saturated heterocycles. The molecule has 0 unspecified atom stereocenters. The smallest absolute Gasteiger partial charge is 0.344 e. The highest BCUT2D eigenvalue weighted by atomic mass is 29.2. The summed E-state index contributed by atoms with van der Waals surface area (Å²) in [5.41, 5.74) is 0. The molecule has 16 heavy (non-hydrogen) atoms. The van der Waals surface area contributed by atoms with Crippen LogP contribution in [0.15, 0.2) is 0 Å². The minimum atomic E-state index is -1.82. The first-order valence-electron chi connectivity index (χ1n) is 4.74. The topological polar surface area (TPSA) is 73.8 Å². The minimum absolute atomic E-state index is 0.809. The van der Waals surface area contributed by atoms with Gasteiger partial charge < -0.3 is 32.9 Å². The Kier molecular flexibility index (Phi) is 7.36.